The van der Waals surface area contributed by atoms with Crippen molar-refractivity contribution in [2.45, 2.75) is 32.9 Å². The zero-order valence-corrected chi connectivity index (χ0v) is 8.83. The summed E-state index contributed by atoms with van der Waals surface area (Å²) >= 11 is 0. The number of nitrogens with zero attached hydrogens (tertiary/aromatic N) is 2. The van der Waals surface area contributed by atoms with Crippen molar-refractivity contribution in [1.82, 2.24) is 15.1 Å². The molecule has 1 atom stereocenters. The predicted molar refractivity (Wildman–Crippen MR) is 57.8 cm³/mol. The van der Waals surface area contributed by atoms with Crippen LogP contribution in [0.15, 0.2) is 12.4 Å². The van der Waals surface area contributed by atoms with Crippen LogP contribution in [0.25, 0.3) is 0 Å². The summed E-state index contributed by atoms with van der Waals surface area (Å²) in [7, 11) is 0. The number of rotatable bonds is 5. The molecule has 0 fully saturated rings. The molecule has 1 unspecified atom stereocenters. The maximum absolute atomic E-state index is 5.17. The molecule has 0 radical (unpaired) electrons. The summed E-state index contributed by atoms with van der Waals surface area (Å²) in [5, 5.41) is 7.56. The van der Waals surface area contributed by atoms with E-state index < -0.39 is 0 Å². The molecule has 3 heteroatoms. The number of hydrogen-bond donors (Lipinski definition) is 1. The summed E-state index contributed by atoms with van der Waals surface area (Å²) < 4.78 is 1.93. The molecule has 1 aromatic heterocycles. The molecule has 0 aromatic carbocycles. The fraction of sp³-hybridized carbons (Fsp3) is 0.545. The van der Waals surface area contributed by atoms with Gasteiger partial charge in [0.15, 0.2) is 0 Å². The van der Waals surface area contributed by atoms with E-state index in [1.165, 1.54) is 5.56 Å². The van der Waals surface area contributed by atoms with Gasteiger partial charge >= 0.3 is 0 Å². The Labute approximate surface area is 85.5 Å². The molecule has 14 heavy (non-hydrogen) atoms. The van der Waals surface area contributed by atoms with Crippen LogP contribution >= 0.6 is 0 Å². The summed E-state index contributed by atoms with van der Waals surface area (Å²) in [5.74, 6) is 2.61. The molecule has 0 aliphatic rings. The van der Waals surface area contributed by atoms with E-state index >= 15 is 0 Å². The van der Waals surface area contributed by atoms with E-state index in [4.69, 9.17) is 6.42 Å². The number of terminal acetylenes is 1. The molecule has 1 rings (SSSR count). The van der Waals surface area contributed by atoms with Crippen LogP contribution in [0.4, 0.5) is 0 Å². The fourth-order valence-corrected chi connectivity index (χ4v) is 1.25. The van der Waals surface area contributed by atoms with Gasteiger partial charge in [0, 0.05) is 37.3 Å². The van der Waals surface area contributed by atoms with Crippen molar-refractivity contribution < 1.29 is 0 Å². The Balaban J connectivity index is 2.44. The summed E-state index contributed by atoms with van der Waals surface area (Å²) in [5.41, 5.74) is 1.21. The van der Waals surface area contributed by atoms with E-state index in [2.05, 4.69) is 36.4 Å². The minimum Gasteiger partial charge on any atom is -0.309 e. The normalized spacial score (nSPS) is 12.4. The third-order valence-electron chi connectivity index (χ3n) is 2.20. The first-order valence-electron chi connectivity index (χ1n) is 4.97. The van der Waals surface area contributed by atoms with Gasteiger partial charge in [0.1, 0.15) is 0 Å². The van der Waals surface area contributed by atoms with Crippen molar-refractivity contribution in [2.24, 2.45) is 0 Å². The number of hydrogen-bond acceptors (Lipinski definition) is 2. The Morgan fingerprint density at radius 2 is 2.50 bits per heavy atom. The van der Waals surface area contributed by atoms with Gasteiger partial charge in [0.2, 0.25) is 0 Å². The second-order valence-electron chi connectivity index (χ2n) is 3.26. The molecule has 0 bridgehead atoms. The van der Waals surface area contributed by atoms with Gasteiger partial charge in [0.25, 0.3) is 0 Å². The molecule has 0 aliphatic heterocycles. The van der Waals surface area contributed by atoms with Gasteiger partial charge in [-0.2, -0.15) is 5.10 Å². The fourth-order valence-electron chi connectivity index (χ4n) is 1.25. The molecule has 0 spiro atoms. The molecule has 76 valence electrons. The number of aryl methyl sites for hydroxylation is 1. The Morgan fingerprint density at radius 3 is 3.07 bits per heavy atom. The lowest BCUT2D eigenvalue weighted by molar-refractivity contribution is 0.582. The Morgan fingerprint density at radius 1 is 1.71 bits per heavy atom. The predicted octanol–water partition coefficient (Wildman–Crippen LogP) is 1.58. The van der Waals surface area contributed by atoms with Crippen LogP contribution in [0, 0.1) is 12.3 Å². The van der Waals surface area contributed by atoms with Crippen molar-refractivity contribution in [2.75, 3.05) is 6.54 Å². The van der Waals surface area contributed by atoms with Crippen molar-refractivity contribution in [3.8, 4) is 12.3 Å². The van der Waals surface area contributed by atoms with Crippen LogP contribution in [0.2, 0.25) is 0 Å². The van der Waals surface area contributed by atoms with Crippen LogP contribution in [0.5, 0.6) is 0 Å². The first kappa shape index (κ1) is 10.8. The monoisotopic (exact) mass is 191 g/mol. The topological polar surface area (TPSA) is 29.9 Å². The third kappa shape index (κ3) is 2.90. The lowest BCUT2D eigenvalue weighted by atomic mass is 10.2. The summed E-state index contributed by atoms with van der Waals surface area (Å²) in [6, 6.07) is 0.323. The highest BCUT2D eigenvalue weighted by Crippen LogP contribution is 2.10. The minimum atomic E-state index is 0.323. The molecule has 0 saturated heterocycles. The standard InChI is InChI=1S/C11H17N3/c1-4-6-7-12-10(3)11-8-13-14(5-2)9-11/h1,8-10,12H,5-7H2,2-3H3. The molecule has 1 aromatic rings. The quantitative estimate of drug-likeness (QED) is 0.565. The summed E-state index contributed by atoms with van der Waals surface area (Å²) in [6.45, 7) is 5.97. The molecule has 0 amide bonds. The molecule has 3 nitrogen and oxygen atoms in total. The van der Waals surface area contributed by atoms with E-state index in [1.807, 2.05) is 10.9 Å². The van der Waals surface area contributed by atoms with E-state index in [-0.39, 0.29) is 0 Å². The van der Waals surface area contributed by atoms with Gasteiger partial charge < -0.3 is 5.32 Å². The average Bonchev–Trinajstić information content (AvgIpc) is 2.66. The number of aromatic nitrogens is 2. The summed E-state index contributed by atoms with van der Waals surface area (Å²) in [6.07, 6.45) is 9.91. The Bertz CT molecular complexity index is 309. The summed E-state index contributed by atoms with van der Waals surface area (Å²) in [4.78, 5) is 0. The lowest BCUT2D eigenvalue weighted by Crippen LogP contribution is -2.19. The Kier molecular flexibility index (Phi) is 4.21. The average molecular weight is 191 g/mol. The van der Waals surface area contributed by atoms with Gasteiger partial charge in [-0.3, -0.25) is 4.68 Å². The van der Waals surface area contributed by atoms with E-state index in [1.54, 1.807) is 0 Å². The highest BCUT2D eigenvalue weighted by molar-refractivity contribution is 5.09. The largest absolute Gasteiger partial charge is 0.309 e. The number of nitrogens with one attached hydrogen (secondary N) is 1. The van der Waals surface area contributed by atoms with Crippen LogP contribution in [0.1, 0.15) is 31.9 Å². The first-order valence-corrected chi connectivity index (χ1v) is 4.97. The van der Waals surface area contributed by atoms with Gasteiger partial charge in [0.05, 0.1) is 6.20 Å². The van der Waals surface area contributed by atoms with E-state index in [0.717, 1.165) is 19.5 Å². The maximum Gasteiger partial charge on any atom is 0.0537 e. The van der Waals surface area contributed by atoms with E-state index in [0.29, 0.717) is 6.04 Å². The zero-order chi connectivity index (χ0) is 10.4. The molecule has 0 aliphatic carbocycles. The third-order valence-corrected chi connectivity index (χ3v) is 2.20. The van der Waals surface area contributed by atoms with Crippen LogP contribution in [-0.2, 0) is 6.54 Å². The molecule has 0 saturated carbocycles. The van der Waals surface area contributed by atoms with Gasteiger partial charge in [-0.15, -0.1) is 12.3 Å². The molecular weight excluding hydrogens is 174 g/mol. The smallest absolute Gasteiger partial charge is 0.0537 e. The van der Waals surface area contributed by atoms with Gasteiger partial charge in [-0.1, -0.05) is 0 Å². The molecular formula is C11H17N3. The minimum absolute atomic E-state index is 0.323. The van der Waals surface area contributed by atoms with Crippen molar-refractivity contribution >= 4 is 0 Å². The maximum atomic E-state index is 5.17. The van der Waals surface area contributed by atoms with Crippen LogP contribution in [0.3, 0.4) is 0 Å². The van der Waals surface area contributed by atoms with Crippen LogP contribution in [-0.4, -0.2) is 16.3 Å². The highest BCUT2D eigenvalue weighted by atomic mass is 15.3. The molecule has 1 N–H and O–H groups in total. The van der Waals surface area contributed by atoms with Crippen molar-refractivity contribution in [3.05, 3.63) is 18.0 Å². The second-order valence-corrected chi connectivity index (χ2v) is 3.26. The van der Waals surface area contributed by atoms with Crippen molar-refractivity contribution in [3.63, 3.8) is 0 Å². The zero-order valence-electron chi connectivity index (χ0n) is 8.83. The molecule has 1 heterocycles. The van der Waals surface area contributed by atoms with E-state index in [9.17, 15) is 0 Å². The van der Waals surface area contributed by atoms with Gasteiger partial charge in [-0.25, -0.2) is 0 Å². The van der Waals surface area contributed by atoms with Gasteiger partial charge in [-0.05, 0) is 13.8 Å². The SMILES string of the molecule is C#CCCNC(C)c1cnn(CC)c1. The lowest BCUT2D eigenvalue weighted by Gasteiger charge is -2.09. The first-order chi connectivity index (χ1) is 6.77. The highest BCUT2D eigenvalue weighted by Gasteiger charge is 2.05. The van der Waals surface area contributed by atoms with Crippen LogP contribution < -0.4 is 5.32 Å². The van der Waals surface area contributed by atoms with Crippen molar-refractivity contribution in [1.29, 1.82) is 0 Å². The Hall–Kier alpha value is -1.27. The second kappa shape index (κ2) is 5.46.